The predicted molar refractivity (Wildman–Crippen MR) is 132 cm³/mol. The summed E-state index contributed by atoms with van der Waals surface area (Å²) in [6.07, 6.45) is 0. The standard InChI is InChI=1S/C21H23N13O5/c1-12(17-13(2)32(29-24-17)14-4-3-5-15(10-14)34(36)37)23-26-21(35)18-16(11-31-6-8-38-9-7-31)33(30-25-18)20-19(22)27-39-28-20/h3-5,10H,6-9,11H2,1-2H3,(H2,22,27)(H,26,35). The van der Waals surface area contributed by atoms with Gasteiger partial charge in [0.2, 0.25) is 11.6 Å². The molecule has 0 radical (unpaired) electrons. The number of ether oxygens (including phenoxy) is 1. The van der Waals surface area contributed by atoms with E-state index in [1.807, 2.05) is 0 Å². The van der Waals surface area contributed by atoms with Crippen LogP contribution >= 0.6 is 0 Å². The normalized spacial score (nSPS) is 14.5. The van der Waals surface area contributed by atoms with Gasteiger partial charge in [0, 0.05) is 31.8 Å². The zero-order valence-corrected chi connectivity index (χ0v) is 20.9. The van der Waals surface area contributed by atoms with Gasteiger partial charge >= 0.3 is 0 Å². The van der Waals surface area contributed by atoms with Gasteiger partial charge in [-0.2, -0.15) is 9.78 Å². The van der Waals surface area contributed by atoms with Crippen LogP contribution in [0.1, 0.15) is 34.5 Å². The molecule has 0 bridgehead atoms. The second-order valence-corrected chi connectivity index (χ2v) is 8.51. The second kappa shape index (κ2) is 10.7. The van der Waals surface area contributed by atoms with Gasteiger partial charge in [-0.25, -0.2) is 14.7 Å². The van der Waals surface area contributed by atoms with Gasteiger partial charge in [-0.1, -0.05) is 16.5 Å². The lowest BCUT2D eigenvalue weighted by Crippen LogP contribution is -2.37. The van der Waals surface area contributed by atoms with Gasteiger partial charge in [-0.3, -0.25) is 19.8 Å². The van der Waals surface area contributed by atoms with Crippen molar-refractivity contribution in [3.05, 3.63) is 57.2 Å². The number of anilines is 1. The Morgan fingerprint density at radius 3 is 2.64 bits per heavy atom. The monoisotopic (exact) mass is 537 g/mol. The molecule has 4 heterocycles. The Morgan fingerprint density at radius 2 is 1.92 bits per heavy atom. The molecular weight excluding hydrogens is 514 g/mol. The summed E-state index contributed by atoms with van der Waals surface area (Å²) in [5, 5.41) is 38.9. The summed E-state index contributed by atoms with van der Waals surface area (Å²) in [7, 11) is 0. The first-order valence-corrected chi connectivity index (χ1v) is 11.7. The van der Waals surface area contributed by atoms with E-state index in [0.717, 1.165) is 0 Å². The van der Waals surface area contributed by atoms with E-state index in [1.165, 1.54) is 21.5 Å². The summed E-state index contributed by atoms with van der Waals surface area (Å²) in [5.74, 6) is -0.522. The number of nitrogens with one attached hydrogen (secondary N) is 1. The van der Waals surface area contributed by atoms with Crippen molar-refractivity contribution < 1.29 is 19.1 Å². The lowest BCUT2D eigenvalue weighted by atomic mass is 10.2. The average molecular weight is 538 g/mol. The minimum Gasteiger partial charge on any atom is -0.379 e. The Hall–Kier alpha value is -5.10. The number of rotatable bonds is 8. The smallest absolute Gasteiger partial charge is 0.293 e. The molecule has 18 nitrogen and oxygen atoms in total. The number of nitrogens with two attached hydrogens (primary N) is 1. The van der Waals surface area contributed by atoms with E-state index in [-0.39, 0.29) is 23.0 Å². The van der Waals surface area contributed by atoms with E-state index >= 15 is 0 Å². The largest absolute Gasteiger partial charge is 0.379 e. The Balaban J connectivity index is 1.39. The molecule has 18 heteroatoms. The third-order valence-electron chi connectivity index (χ3n) is 6.00. The Morgan fingerprint density at radius 1 is 1.18 bits per heavy atom. The highest BCUT2D eigenvalue weighted by atomic mass is 16.6. The SMILES string of the molecule is CC(=NNC(=O)c1nnn(-c2nonc2N)c1CN1CCOCC1)c1nnn(-c2cccc([N+](=O)[O-])c2)c1C. The first-order chi connectivity index (χ1) is 18.8. The number of aromatic nitrogens is 8. The fourth-order valence-corrected chi connectivity index (χ4v) is 3.99. The van der Waals surface area contributed by atoms with E-state index in [2.05, 4.69) is 51.0 Å². The predicted octanol–water partition coefficient (Wildman–Crippen LogP) is 0.0160. The minimum atomic E-state index is -0.623. The highest BCUT2D eigenvalue weighted by Gasteiger charge is 2.26. The van der Waals surface area contributed by atoms with Gasteiger partial charge in [0.05, 0.1) is 40.9 Å². The summed E-state index contributed by atoms with van der Waals surface area (Å²) < 4.78 is 12.8. The molecule has 0 unspecified atom stereocenters. The van der Waals surface area contributed by atoms with E-state index < -0.39 is 10.8 Å². The molecule has 0 aliphatic carbocycles. The number of carbonyl (C=O) groups is 1. The fourth-order valence-electron chi connectivity index (χ4n) is 3.99. The summed E-state index contributed by atoms with van der Waals surface area (Å²) in [6, 6.07) is 6.00. The topological polar surface area (TPSA) is 223 Å². The molecule has 1 fully saturated rings. The van der Waals surface area contributed by atoms with E-state index in [0.29, 0.717) is 61.3 Å². The van der Waals surface area contributed by atoms with Crippen LogP contribution in [-0.4, -0.2) is 88.0 Å². The summed E-state index contributed by atoms with van der Waals surface area (Å²) in [5.41, 5.74) is 10.4. The molecule has 5 rings (SSSR count). The van der Waals surface area contributed by atoms with Crippen LogP contribution in [0.25, 0.3) is 11.5 Å². The van der Waals surface area contributed by atoms with E-state index in [1.54, 1.807) is 26.0 Å². The molecule has 39 heavy (non-hydrogen) atoms. The number of non-ortho nitro benzene ring substituents is 1. The van der Waals surface area contributed by atoms with E-state index in [9.17, 15) is 14.9 Å². The van der Waals surface area contributed by atoms with Crippen LogP contribution in [0.5, 0.6) is 0 Å². The molecule has 1 aliphatic rings. The van der Waals surface area contributed by atoms with E-state index in [4.69, 9.17) is 10.5 Å². The molecule has 0 spiro atoms. The van der Waals surface area contributed by atoms with Crippen molar-refractivity contribution in [3.8, 4) is 11.5 Å². The molecule has 1 aromatic carbocycles. The Labute approximate surface area is 219 Å². The molecule has 1 saturated heterocycles. The number of carbonyl (C=O) groups excluding carboxylic acids is 1. The Kier molecular flexibility index (Phi) is 7.02. The van der Waals surface area contributed by atoms with Crippen molar-refractivity contribution in [2.75, 3.05) is 32.0 Å². The second-order valence-electron chi connectivity index (χ2n) is 8.51. The van der Waals surface area contributed by atoms with Gasteiger partial charge in [0.25, 0.3) is 11.6 Å². The molecule has 0 saturated carbocycles. The zero-order valence-electron chi connectivity index (χ0n) is 20.9. The van der Waals surface area contributed by atoms with Crippen molar-refractivity contribution in [2.45, 2.75) is 20.4 Å². The molecule has 4 aromatic rings. The van der Waals surface area contributed by atoms with Crippen LogP contribution in [0, 0.1) is 17.0 Å². The number of amides is 1. The number of hydrogen-bond donors (Lipinski definition) is 2. The lowest BCUT2D eigenvalue weighted by Gasteiger charge is -2.26. The van der Waals surface area contributed by atoms with Crippen LogP contribution in [0.4, 0.5) is 11.5 Å². The van der Waals surface area contributed by atoms with Gasteiger partial charge in [0.1, 0.15) is 5.69 Å². The first-order valence-electron chi connectivity index (χ1n) is 11.7. The van der Waals surface area contributed by atoms with Crippen molar-refractivity contribution in [2.24, 2.45) is 5.10 Å². The number of nitro groups is 1. The third kappa shape index (κ3) is 5.18. The first kappa shape index (κ1) is 25.5. The van der Waals surface area contributed by atoms with Crippen molar-refractivity contribution in [3.63, 3.8) is 0 Å². The van der Waals surface area contributed by atoms with Crippen molar-refractivity contribution in [1.29, 1.82) is 0 Å². The number of hydrogen-bond acceptors (Lipinski definition) is 14. The van der Waals surface area contributed by atoms with Crippen LogP contribution < -0.4 is 11.2 Å². The molecule has 1 amide bonds. The zero-order chi connectivity index (χ0) is 27.5. The quantitative estimate of drug-likeness (QED) is 0.172. The fraction of sp³-hybridized carbons (Fsp3) is 0.333. The summed E-state index contributed by atoms with van der Waals surface area (Å²) >= 11 is 0. The van der Waals surface area contributed by atoms with Crippen LogP contribution in [0.15, 0.2) is 34.0 Å². The molecule has 1 aliphatic heterocycles. The number of benzene rings is 1. The number of morpholine rings is 1. The number of nitrogens with zero attached hydrogens (tertiary/aromatic N) is 11. The van der Waals surface area contributed by atoms with Gasteiger partial charge in [-0.15, -0.1) is 10.2 Å². The van der Waals surface area contributed by atoms with Crippen LogP contribution in [-0.2, 0) is 11.3 Å². The number of hydrazone groups is 1. The number of nitrogen functional groups attached to an aromatic ring is 1. The average Bonchev–Trinajstić information content (AvgIpc) is 3.66. The molecule has 3 N–H and O–H groups in total. The lowest BCUT2D eigenvalue weighted by molar-refractivity contribution is -0.384. The van der Waals surface area contributed by atoms with Crippen LogP contribution in [0.3, 0.4) is 0 Å². The molecule has 0 atom stereocenters. The summed E-state index contributed by atoms with van der Waals surface area (Å²) in [6.45, 7) is 6.09. The van der Waals surface area contributed by atoms with Gasteiger partial charge in [0.15, 0.2) is 5.69 Å². The van der Waals surface area contributed by atoms with Gasteiger partial charge < -0.3 is 10.5 Å². The molecular formula is C21H23N13O5. The third-order valence-corrected chi connectivity index (χ3v) is 6.00. The summed E-state index contributed by atoms with van der Waals surface area (Å²) in [4.78, 5) is 25.9. The highest BCUT2D eigenvalue weighted by molar-refractivity contribution is 6.00. The number of nitro benzene ring substituents is 1. The Bertz CT molecular complexity index is 1550. The van der Waals surface area contributed by atoms with Crippen LogP contribution in [0.2, 0.25) is 0 Å². The van der Waals surface area contributed by atoms with Crippen molar-refractivity contribution >= 4 is 23.1 Å². The maximum absolute atomic E-state index is 13.2. The maximum atomic E-state index is 13.2. The van der Waals surface area contributed by atoms with Crippen molar-refractivity contribution in [1.82, 2.24) is 50.6 Å². The molecule has 202 valence electrons. The molecule has 3 aromatic heterocycles. The van der Waals surface area contributed by atoms with Gasteiger partial charge in [-0.05, 0) is 30.2 Å². The highest BCUT2D eigenvalue weighted by Crippen LogP contribution is 2.20. The minimum absolute atomic E-state index is 0.00809. The maximum Gasteiger partial charge on any atom is 0.293 e.